The van der Waals surface area contributed by atoms with E-state index in [1.807, 2.05) is 97.9 Å². The van der Waals surface area contributed by atoms with Crippen LogP contribution < -0.4 is 19.8 Å². The summed E-state index contributed by atoms with van der Waals surface area (Å²) in [5.74, 6) is -0.915. The Balaban J connectivity index is 1.03. The number of anilines is 2. The Morgan fingerprint density at radius 2 is 1.62 bits per heavy atom. The molecule has 4 aromatic carbocycles. The van der Waals surface area contributed by atoms with Crippen LogP contribution >= 0.6 is 23.1 Å². The summed E-state index contributed by atoms with van der Waals surface area (Å²) in [4.78, 5) is 59.3. The number of aryl methyl sites for hydroxylation is 1. The van der Waals surface area contributed by atoms with Crippen LogP contribution in [0.1, 0.15) is 28.3 Å². The average molecular weight is 674 g/mol. The molecule has 8 nitrogen and oxygen atoms in total. The number of imide groups is 1. The third-order valence-electron chi connectivity index (χ3n) is 10.7. The Morgan fingerprint density at radius 1 is 0.896 bits per heavy atom. The van der Waals surface area contributed by atoms with E-state index < -0.39 is 5.92 Å². The van der Waals surface area contributed by atoms with Gasteiger partial charge in [0.1, 0.15) is 5.75 Å². The first-order valence-corrected chi connectivity index (χ1v) is 17.9. The van der Waals surface area contributed by atoms with Crippen molar-refractivity contribution in [3.63, 3.8) is 0 Å². The van der Waals surface area contributed by atoms with Crippen LogP contribution in [0.3, 0.4) is 0 Å². The van der Waals surface area contributed by atoms with Crippen molar-refractivity contribution in [2.24, 2.45) is 29.6 Å². The molecule has 0 unspecified atom stereocenters. The lowest BCUT2D eigenvalue weighted by molar-refractivity contribution is -0.123. The van der Waals surface area contributed by atoms with Crippen molar-refractivity contribution in [2.75, 3.05) is 16.8 Å². The molecule has 3 amide bonds. The van der Waals surface area contributed by atoms with Gasteiger partial charge in [-0.15, -0.1) is 11.8 Å². The Hall–Kier alpha value is -4.67. The summed E-state index contributed by atoms with van der Waals surface area (Å²) < 4.78 is 6.26. The van der Waals surface area contributed by atoms with E-state index in [1.54, 1.807) is 11.8 Å². The van der Waals surface area contributed by atoms with E-state index in [1.165, 1.54) is 16.2 Å². The van der Waals surface area contributed by atoms with Gasteiger partial charge < -0.3 is 15.0 Å². The van der Waals surface area contributed by atoms with Crippen molar-refractivity contribution in [1.29, 1.82) is 0 Å². The maximum absolute atomic E-state index is 14.1. The standard InChI is InChI=1S/C38H31N3O5S2/c1-19-13-15-21(16-14-19)41-36(43)31-24-17-25(32(31)37(41)44)33-30(24)29(34-35(47-33)40-38(45)48-34)23-10-4-5-12-27(23)46-18-28(42)39-26-11-6-8-20-7-2-3-9-22(20)26/h2-16,24-25,29-33H,17-18H2,1H3,(H,39,42)(H,40,45)/t24-,25-,29+,30-,31+,32+,33-/m1/s1. The van der Waals surface area contributed by atoms with Crippen molar-refractivity contribution in [3.05, 3.63) is 117 Å². The van der Waals surface area contributed by atoms with Crippen LogP contribution in [0.25, 0.3) is 10.8 Å². The van der Waals surface area contributed by atoms with Gasteiger partial charge in [0, 0.05) is 32.7 Å². The molecule has 10 heteroatoms. The second kappa shape index (κ2) is 11.2. The molecule has 0 spiro atoms. The Kier molecular flexibility index (Phi) is 6.88. The number of carbonyl (C=O) groups excluding carboxylic acids is 3. The number of aromatic amines is 1. The number of nitrogens with one attached hydrogen (secondary N) is 2. The van der Waals surface area contributed by atoms with E-state index >= 15 is 0 Å². The first-order chi connectivity index (χ1) is 23.4. The van der Waals surface area contributed by atoms with Crippen molar-refractivity contribution in [1.82, 2.24) is 4.98 Å². The zero-order valence-corrected chi connectivity index (χ0v) is 27.6. The predicted octanol–water partition coefficient (Wildman–Crippen LogP) is 6.59. The fourth-order valence-corrected chi connectivity index (χ4v) is 11.7. The molecule has 2 bridgehead atoms. The number of hydrogen-bond acceptors (Lipinski definition) is 7. The van der Waals surface area contributed by atoms with Crippen molar-refractivity contribution in [3.8, 4) is 5.75 Å². The molecule has 2 N–H and O–H groups in total. The van der Waals surface area contributed by atoms with Crippen LogP contribution in [-0.4, -0.2) is 34.6 Å². The number of nitrogens with zero attached hydrogens (tertiary/aromatic N) is 1. The van der Waals surface area contributed by atoms with Crippen LogP contribution in [0.4, 0.5) is 11.4 Å². The molecule has 3 heterocycles. The molecule has 3 fully saturated rings. The molecule has 240 valence electrons. The Bertz CT molecular complexity index is 2190. The SMILES string of the molecule is Cc1ccc(N2C(=O)[C@H]3[C@H]4C[C@@H]([C@@H]3C2=O)[C@@H]2[C@H](c3ccccc3OCC(=O)Nc3cccc5ccccc35)c3sc(=O)[nH]c3S[C@H]42)cc1. The summed E-state index contributed by atoms with van der Waals surface area (Å²) in [6.07, 6.45) is 0.795. The molecule has 4 aliphatic rings. The monoisotopic (exact) mass is 673 g/mol. The lowest BCUT2D eigenvalue weighted by Crippen LogP contribution is -2.42. The quantitative estimate of drug-likeness (QED) is 0.197. The van der Waals surface area contributed by atoms with Gasteiger partial charge in [-0.05, 0) is 60.7 Å². The second-order valence-corrected chi connectivity index (χ2v) is 15.4. The first kappa shape index (κ1) is 29.5. The number of aromatic nitrogens is 1. The van der Waals surface area contributed by atoms with E-state index in [2.05, 4.69) is 10.3 Å². The van der Waals surface area contributed by atoms with Gasteiger partial charge in [0.2, 0.25) is 11.8 Å². The fraction of sp³-hybridized carbons (Fsp3) is 0.263. The molecule has 1 aromatic heterocycles. The number of para-hydroxylation sites is 1. The lowest BCUT2D eigenvalue weighted by Gasteiger charge is -2.43. The summed E-state index contributed by atoms with van der Waals surface area (Å²) >= 11 is 2.86. The number of fused-ring (bicyclic) bond motifs is 10. The molecule has 5 aromatic rings. The smallest absolute Gasteiger partial charge is 0.305 e. The number of rotatable bonds is 6. The molecular weight excluding hydrogens is 643 g/mol. The van der Waals surface area contributed by atoms with Crippen LogP contribution in [-0.2, 0) is 14.4 Å². The van der Waals surface area contributed by atoms with Crippen LogP contribution in [0.5, 0.6) is 5.75 Å². The number of carbonyl (C=O) groups is 3. The van der Waals surface area contributed by atoms with Crippen molar-refractivity contribution < 1.29 is 19.1 Å². The number of amides is 3. The summed E-state index contributed by atoms with van der Waals surface area (Å²) in [5.41, 5.74) is 3.30. The van der Waals surface area contributed by atoms with Gasteiger partial charge in [-0.25, -0.2) is 0 Å². The molecular formula is C38H31N3O5S2. The van der Waals surface area contributed by atoms with Gasteiger partial charge in [0.05, 0.1) is 22.5 Å². The highest BCUT2D eigenvalue weighted by atomic mass is 32.2. The topological polar surface area (TPSA) is 109 Å². The van der Waals surface area contributed by atoms with E-state index in [4.69, 9.17) is 4.74 Å². The van der Waals surface area contributed by atoms with Gasteiger partial charge in [-0.2, -0.15) is 0 Å². The van der Waals surface area contributed by atoms with Crippen molar-refractivity contribution >= 4 is 63.0 Å². The summed E-state index contributed by atoms with van der Waals surface area (Å²) in [7, 11) is 0. The summed E-state index contributed by atoms with van der Waals surface area (Å²) in [6.45, 7) is 1.79. The highest BCUT2D eigenvalue weighted by Crippen LogP contribution is 2.69. The minimum Gasteiger partial charge on any atom is -0.483 e. The Labute approximate surface area is 284 Å². The molecule has 1 saturated heterocycles. The van der Waals surface area contributed by atoms with E-state index in [0.717, 1.165) is 43.9 Å². The Morgan fingerprint density at radius 3 is 2.46 bits per heavy atom. The van der Waals surface area contributed by atoms with Gasteiger partial charge in [0.15, 0.2) is 6.61 Å². The highest BCUT2D eigenvalue weighted by Gasteiger charge is 2.69. The van der Waals surface area contributed by atoms with E-state index in [9.17, 15) is 19.2 Å². The number of thiazole rings is 1. The summed E-state index contributed by atoms with van der Waals surface area (Å²) in [6, 6.07) is 28.9. The average Bonchev–Trinajstić information content (AvgIpc) is 3.83. The molecule has 2 saturated carbocycles. The number of ether oxygens (including phenoxy) is 1. The maximum Gasteiger partial charge on any atom is 0.305 e. The van der Waals surface area contributed by atoms with Crippen LogP contribution in [0.2, 0.25) is 0 Å². The molecule has 2 aliphatic heterocycles. The normalized spacial score (nSPS) is 26.8. The predicted molar refractivity (Wildman–Crippen MR) is 187 cm³/mol. The van der Waals surface area contributed by atoms with E-state index in [0.29, 0.717) is 11.4 Å². The minimum absolute atomic E-state index is 0.0144. The van der Waals surface area contributed by atoms with Crippen LogP contribution in [0.15, 0.2) is 101 Å². The third kappa shape index (κ3) is 4.49. The number of thioether (sulfide) groups is 1. The number of hydrogen-bond donors (Lipinski definition) is 2. The second-order valence-electron chi connectivity index (χ2n) is 13.2. The lowest BCUT2D eigenvalue weighted by atomic mass is 9.68. The molecule has 48 heavy (non-hydrogen) atoms. The van der Waals surface area contributed by atoms with E-state index in [-0.39, 0.29) is 64.0 Å². The molecule has 2 aliphatic carbocycles. The van der Waals surface area contributed by atoms with Gasteiger partial charge in [0.25, 0.3) is 5.91 Å². The third-order valence-corrected chi connectivity index (χ3v) is 13.3. The fourth-order valence-electron chi connectivity index (χ4n) is 8.85. The van der Waals surface area contributed by atoms with Crippen molar-refractivity contribution in [2.45, 2.75) is 29.5 Å². The zero-order chi connectivity index (χ0) is 32.7. The summed E-state index contributed by atoms with van der Waals surface area (Å²) in [5, 5.41) is 5.86. The van der Waals surface area contributed by atoms with Gasteiger partial charge in [-0.3, -0.25) is 24.1 Å². The first-order valence-electron chi connectivity index (χ1n) is 16.2. The zero-order valence-electron chi connectivity index (χ0n) is 25.9. The number of benzene rings is 4. The van der Waals surface area contributed by atoms with Gasteiger partial charge in [-0.1, -0.05) is 83.6 Å². The maximum atomic E-state index is 14.1. The molecule has 7 atom stereocenters. The molecule has 9 rings (SSSR count). The highest BCUT2D eigenvalue weighted by molar-refractivity contribution is 8.00. The largest absolute Gasteiger partial charge is 0.483 e. The number of H-pyrrole nitrogens is 1. The molecule has 0 radical (unpaired) electrons. The van der Waals surface area contributed by atoms with Gasteiger partial charge >= 0.3 is 4.87 Å². The minimum atomic E-state index is -0.398. The van der Waals surface area contributed by atoms with Crippen LogP contribution in [0, 0.1) is 36.5 Å².